The van der Waals surface area contributed by atoms with Gasteiger partial charge in [-0.15, -0.1) is 0 Å². The van der Waals surface area contributed by atoms with Crippen molar-refractivity contribution in [3.05, 3.63) is 11.6 Å². The van der Waals surface area contributed by atoms with Crippen LogP contribution in [0.2, 0.25) is 0 Å². The Kier molecular flexibility index (Phi) is 12.8. The molecular weight excluding hydrogens is 821 g/mol. The number of rotatable bonds is 8. The van der Waals surface area contributed by atoms with Crippen LogP contribution < -0.4 is 0 Å². The molecular formula is C47H76O16. The van der Waals surface area contributed by atoms with Gasteiger partial charge in [0.05, 0.1) is 30.8 Å². The summed E-state index contributed by atoms with van der Waals surface area (Å²) >= 11 is 0. The second kappa shape index (κ2) is 16.7. The van der Waals surface area contributed by atoms with Gasteiger partial charge in [-0.3, -0.25) is 4.79 Å². The van der Waals surface area contributed by atoms with E-state index in [2.05, 4.69) is 54.5 Å². The van der Waals surface area contributed by atoms with Crippen LogP contribution in [-0.4, -0.2) is 157 Å². The number of aliphatic hydroxyl groups excluding tert-OH is 8. The highest BCUT2D eigenvalue weighted by Crippen LogP contribution is 2.76. The van der Waals surface area contributed by atoms with Gasteiger partial charge in [-0.25, -0.2) is 0 Å². The first kappa shape index (κ1) is 48.1. The number of fused-ring (bicyclic) bond motifs is 7. The van der Waals surface area contributed by atoms with Gasteiger partial charge in [-0.1, -0.05) is 60.1 Å². The molecule has 360 valence electrons. The highest BCUT2D eigenvalue weighted by molar-refractivity contribution is 5.76. The van der Waals surface area contributed by atoms with Crippen molar-refractivity contribution in [2.45, 2.75) is 212 Å². The summed E-state index contributed by atoms with van der Waals surface area (Å²) in [5.74, 6) is -0.0288. The van der Waals surface area contributed by atoms with Crippen LogP contribution in [0.25, 0.3) is 0 Å². The summed E-state index contributed by atoms with van der Waals surface area (Å²) in [7, 11) is 0. The molecule has 16 nitrogen and oxygen atoms in total. The summed E-state index contributed by atoms with van der Waals surface area (Å²) < 4.78 is 36.7. The number of aliphatic hydroxyl groups is 8. The van der Waals surface area contributed by atoms with E-state index in [4.69, 9.17) is 28.4 Å². The van der Waals surface area contributed by atoms with Crippen LogP contribution in [0.4, 0.5) is 0 Å². The summed E-state index contributed by atoms with van der Waals surface area (Å²) in [5.41, 5.74) is 0.113. The lowest BCUT2D eigenvalue weighted by molar-refractivity contribution is -0.380. The molecule has 22 atom stereocenters. The number of carbonyl (C=O) groups is 1. The quantitative estimate of drug-likeness (QED) is 0.125. The van der Waals surface area contributed by atoms with Gasteiger partial charge < -0.3 is 74.4 Å². The average Bonchev–Trinajstić information content (AvgIpc) is 3.22. The van der Waals surface area contributed by atoms with E-state index in [1.54, 1.807) is 0 Å². The van der Waals surface area contributed by atoms with Crippen molar-refractivity contribution in [1.82, 2.24) is 0 Å². The molecule has 7 fully saturated rings. The SMILES string of the molecule is C[C@H]1O[C@@H](O[C@@H]2[C@H](O[C@@H]3CC[C@@]4(C)[C@H](CC[C@]5(C)[C@@H]4CC=C4[C@H]6CC(C)(C)CC[C@]6(C(=O)O)CC[C@@]45C)C3(C)C)OC[C@@H](O[C@H]3O[C@@H](CO)[C@H](O)[C@@H](O)[C@@H]3O)[C@@H]2O)[C@H](O)[C@H](O)[C@@H]1O. The van der Waals surface area contributed by atoms with E-state index in [0.717, 1.165) is 51.4 Å². The van der Waals surface area contributed by atoms with Crippen LogP contribution in [0, 0.1) is 50.2 Å². The molecule has 0 amide bonds. The maximum Gasteiger partial charge on any atom is 0.310 e. The third-order valence-corrected chi connectivity index (χ3v) is 19.0. The molecule has 0 unspecified atom stereocenters. The Balaban J connectivity index is 1.04. The fourth-order valence-electron chi connectivity index (χ4n) is 14.8. The van der Waals surface area contributed by atoms with Crippen molar-refractivity contribution in [3.63, 3.8) is 0 Å². The van der Waals surface area contributed by atoms with Crippen LogP contribution >= 0.6 is 0 Å². The average molecular weight is 897 g/mol. The van der Waals surface area contributed by atoms with Gasteiger partial charge in [0, 0.05) is 0 Å². The second-order valence-electron chi connectivity index (χ2n) is 23.0. The highest BCUT2D eigenvalue weighted by atomic mass is 16.8. The molecule has 0 aromatic carbocycles. The van der Waals surface area contributed by atoms with E-state index in [-0.39, 0.29) is 46.2 Å². The standard InChI is InChI=1S/C47H76O16/c1-22-30(49)33(52)35(54)38(59-22)63-37-32(51)26(61-39-36(55)34(53)31(50)25(20-48)60-39)21-58-40(37)62-29-12-13-44(6)27(43(29,4)5)11-14-46(8)28(44)10-9-23-24-19-42(2,3)15-17-47(24,41(56)57)18-16-45(23,46)7/h9,22,24-40,48-55H,10-21H2,1-8H3,(H,56,57)/t22-,24-,25+,26-,27-,28-,29-,30-,31+,32+,33-,34-,35-,36+,37+,38+,39-,40+,44+,45+,46-,47+/m1/s1. The van der Waals surface area contributed by atoms with Crippen LogP contribution in [0.15, 0.2) is 11.6 Å². The molecule has 3 saturated heterocycles. The molecule has 0 radical (unpaired) electrons. The van der Waals surface area contributed by atoms with E-state index in [1.165, 1.54) is 12.5 Å². The number of allylic oxidation sites excluding steroid dienone is 2. The summed E-state index contributed by atoms with van der Waals surface area (Å²) in [5, 5.41) is 96.0. The molecule has 0 aromatic rings. The fraction of sp³-hybridized carbons (Fsp3) is 0.936. The van der Waals surface area contributed by atoms with Gasteiger partial charge in [0.25, 0.3) is 0 Å². The summed E-state index contributed by atoms with van der Waals surface area (Å²) in [4.78, 5) is 13.1. The van der Waals surface area contributed by atoms with E-state index in [9.17, 15) is 50.8 Å². The number of carboxylic acids is 1. The third-order valence-electron chi connectivity index (χ3n) is 19.0. The Hall–Kier alpha value is -1.35. The first-order valence-corrected chi connectivity index (χ1v) is 23.6. The monoisotopic (exact) mass is 897 g/mol. The molecule has 8 aliphatic rings. The Labute approximate surface area is 371 Å². The zero-order chi connectivity index (χ0) is 46.0. The van der Waals surface area contributed by atoms with Crippen molar-refractivity contribution in [2.75, 3.05) is 13.2 Å². The number of ether oxygens (including phenoxy) is 6. The minimum Gasteiger partial charge on any atom is -0.481 e. The second-order valence-corrected chi connectivity index (χ2v) is 23.0. The Bertz CT molecular complexity index is 1720. The topological polar surface area (TPSA) is 255 Å². The van der Waals surface area contributed by atoms with Crippen LogP contribution in [0.3, 0.4) is 0 Å². The number of hydrogen-bond donors (Lipinski definition) is 9. The van der Waals surface area contributed by atoms with Gasteiger partial charge in [-0.05, 0) is 116 Å². The first-order valence-electron chi connectivity index (χ1n) is 23.6. The molecule has 16 heteroatoms. The Morgan fingerprint density at radius 2 is 1.37 bits per heavy atom. The minimum atomic E-state index is -1.75. The van der Waals surface area contributed by atoms with Crippen molar-refractivity contribution < 1.29 is 79.2 Å². The number of hydrogen-bond acceptors (Lipinski definition) is 15. The van der Waals surface area contributed by atoms with Gasteiger partial charge in [-0.2, -0.15) is 0 Å². The Morgan fingerprint density at radius 3 is 2.03 bits per heavy atom. The number of carboxylic acid groups (broad SMARTS) is 1. The molecule has 0 spiro atoms. The zero-order valence-corrected chi connectivity index (χ0v) is 38.3. The molecule has 3 heterocycles. The molecule has 0 bridgehead atoms. The third kappa shape index (κ3) is 7.51. The molecule has 9 N–H and O–H groups in total. The molecule has 4 saturated carbocycles. The van der Waals surface area contributed by atoms with Gasteiger partial charge in [0.15, 0.2) is 18.9 Å². The summed E-state index contributed by atoms with van der Waals surface area (Å²) in [6, 6.07) is 0. The van der Waals surface area contributed by atoms with Crippen molar-refractivity contribution in [1.29, 1.82) is 0 Å². The molecule has 0 aromatic heterocycles. The maximum atomic E-state index is 13.1. The largest absolute Gasteiger partial charge is 0.481 e. The van der Waals surface area contributed by atoms with Gasteiger partial charge in [0.2, 0.25) is 0 Å². The molecule has 8 rings (SSSR count). The van der Waals surface area contributed by atoms with Crippen molar-refractivity contribution in [3.8, 4) is 0 Å². The number of aliphatic carboxylic acids is 1. The van der Waals surface area contributed by atoms with Crippen LogP contribution in [-0.2, 0) is 33.2 Å². The Morgan fingerprint density at radius 1 is 0.714 bits per heavy atom. The smallest absolute Gasteiger partial charge is 0.310 e. The van der Waals surface area contributed by atoms with Gasteiger partial charge in [0.1, 0.15) is 61.0 Å². The summed E-state index contributed by atoms with van der Waals surface area (Å²) in [6.07, 6.45) is -10.1. The zero-order valence-electron chi connectivity index (χ0n) is 38.3. The first-order chi connectivity index (χ1) is 29.4. The lowest BCUT2D eigenvalue weighted by Crippen LogP contribution is -2.66. The minimum absolute atomic E-state index is 0.0289. The predicted molar refractivity (Wildman–Crippen MR) is 223 cm³/mol. The van der Waals surface area contributed by atoms with Crippen LogP contribution in [0.1, 0.15) is 120 Å². The van der Waals surface area contributed by atoms with Crippen molar-refractivity contribution >= 4 is 5.97 Å². The highest BCUT2D eigenvalue weighted by Gasteiger charge is 2.70. The van der Waals surface area contributed by atoms with E-state index < -0.39 is 109 Å². The maximum absolute atomic E-state index is 13.1. The lowest BCUT2D eigenvalue weighted by atomic mass is 9.33. The molecule has 3 aliphatic heterocycles. The van der Waals surface area contributed by atoms with Crippen molar-refractivity contribution in [2.24, 2.45) is 50.2 Å². The predicted octanol–water partition coefficient (Wildman–Crippen LogP) is 2.37. The summed E-state index contributed by atoms with van der Waals surface area (Å²) in [6.45, 7) is 17.0. The molecule has 63 heavy (non-hydrogen) atoms. The van der Waals surface area contributed by atoms with Crippen LogP contribution in [0.5, 0.6) is 0 Å². The van der Waals surface area contributed by atoms with E-state index in [0.29, 0.717) is 18.8 Å². The normalized spacial score (nSPS) is 54.1. The van der Waals surface area contributed by atoms with E-state index >= 15 is 0 Å². The lowest BCUT2D eigenvalue weighted by Gasteiger charge is -2.71. The fourth-order valence-corrected chi connectivity index (χ4v) is 14.8. The molecule has 5 aliphatic carbocycles. The van der Waals surface area contributed by atoms with Gasteiger partial charge >= 0.3 is 5.97 Å². The van der Waals surface area contributed by atoms with E-state index in [1.807, 2.05) is 0 Å².